The fraction of sp³-hybridized carbons (Fsp3) is 0.684. The van der Waals surface area contributed by atoms with Crippen LogP contribution in [-0.4, -0.2) is 0 Å². The number of allylic oxidation sites excluding steroid dienone is 30. The van der Waals surface area contributed by atoms with Crippen LogP contribution in [-0.2, 0) is 0 Å². The van der Waals surface area contributed by atoms with E-state index in [-0.39, 0.29) is 0 Å². The summed E-state index contributed by atoms with van der Waals surface area (Å²) >= 11 is 0. The Kier molecular flexibility index (Phi) is 80.8. The van der Waals surface area contributed by atoms with Crippen LogP contribution in [0.15, 0.2) is 182 Å². The van der Waals surface area contributed by atoms with Crippen molar-refractivity contribution in [1.82, 2.24) is 0 Å². The molecule has 540 valence electrons. The Balaban J connectivity index is 0.000000910. The Hall–Kier alpha value is -3.90. The molecule has 0 fully saturated rings. The van der Waals surface area contributed by atoms with Crippen LogP contribution in [0, 0.1) is 0 Å². The highest BCUT2D eigenvalue weighted by Crippen LogP contribution is 2.17. The molecule has 3 rings (SSSR count). The summed E-state index contributed by atoms with van der Waals surface area (Å²) in [6.45, 7) is 0. The summed E-state index contributed by atoms with van der Waals surface area (Å²) in [7, 11) is 0. The van der Waals surface area contributed by atoms with Gasteiger partial charge in [0.2, 0.25) is 0 Å². The topological polar surface area (TPSA) is 0 Å². The maximum atomic E-state index is 2.44. The van der Waals surface area contributed by atoms with E-state index in [0.29, 0.717) is 0 Å². The van der Waals surface area contributed by atoms with E-state index in [9.17, 15) is 0 Å². The average molecular weight is 1300 g/mol. The largest absolute Gasteiger partial charge is 0.0885 e. The zero-order valence-electron chi connectivity index (χ0n) is 63.3. The van der Waals surface area contributed by atoms with Crippen molar-refractivity contribution in [2.24, 2.45) is 0 Å². The molecule has 0 unspecified atom stereocenters. The van der Waals surface area contributed by atoms with Gasteiger partial charge < -0.3 is 0 Å². The van der Waals surface area contributed by atoms with Gasteiger partial charge in [0.15, 0.2) is 0 Å². The van der Waals surface area contributed by atoms with Crippen LogP contribution >= 0.6 is 0 Å². The molecule has 0 N–H and O–H groups in total. The molecule has 0 bridgehead atoms. The third kappa shape index (κ3) is 84.3. The van der Waals surface area contributed by atoms with E-state index in [2.05, 4.69) is 182 Å². The predicted molar refractivity (Wildman–Crippen MR) is 437 cm³/mol. The van der Waals surface area contributed by atoms with Gasteiger partial charge in [-0.25, -0.2) is 0 Å². The molecule has 0 saturated carbocycles. The van der Waals surface area contributed by atoms with Crippen molar-refractivity contribution in [2.45, 2.75) is 417 Å². The Labute approximate surface area is 596 Å². The first kappa shape index (κ1) is 89.1. The third-order valence-corrected chi connectivity index (χ3v) is 18.8. The molecule has 3 aliphatic carbocycles. The van der Waals surface area contributed by atoms with Crippen LogP contribution in [0.3, 0.4) is 0 Å². The normalized spacial score (nSPS) is 22.5. The van der Waals surface area contributed by atoms with Crippen molar-refractivity contribution in [1.29, 1.82) is 0 Å². The van der Waals surface area contributed by atoms with Crippen LogP contribution < -0.4 is 0 Å². The monoisotopic (exact) mass is 1300 g/mol. The molecule has 0 spiro atoms. The van der Waals surface area contributed by atoms with Gasteiger partial charge in [-0.15, -0.1) is 0 Å². The minimum absolute atomic E-state index is 1.04. The summed E-state index contributed by atoms with van der Waals surface area (Å²) in [5.74, 6) is 0. The maximum Gasteiger partial charge on any atom is -0.0169 e. The van der Waals surface area contributed by atoms with E-state index < -0.39 is 0 Å². The van der Waals surface area contributed by atoms with E-state index in [0.717, 1.165) is 32.1 Å². The second-order valence-electron chi connectivity index (χ2n) is 28.2. The molecule has 0 atom stereocenters. The molecule has 0 radical (unpaired) electrons. The maximum absolute atomic E-state index is 2.44. The van der Waals surface area contributed by atoms with Crippen LogP contribution in [0.25, 0.3) is 0 Å². The van der Waals surface area contributed by atoms with Crippen molar-refractivity contribution in [3.8, 4) is 0 Å². The molecule has 0 aromatic rings. The van der Waals surface area contributed by atoms with E-state index in [1.807, 2.05) is 0 Å². The Morgan fingerprint density at radius 1 is 0.0632 bits per heavy atom. The minimum atomic E-state index is 1.04. The minimum Gasteiger partial charge on any atom is -0.0885 e. The third-order valence-electron chi connectivity index (χ3n) is 18.8. The van der Waals surface area contributed by atoms with Gasteiger partial charge in [0, 0.05) is 0 Å². The number of hydrogen-bond acceptors (Lipinski definition) is 0. The highest BCUT2D eigenvalue weighted by Gasteiger charge is 1.97. The molecule has 3 aliphatic rings. The van der Waals surface area contributed by atoms with Crippen LogP contribution in [0.2, 0.25) is 0 Å². The molecule has 0 aromatic heterocycles. The Morgan fingerprint density at radius 3 is 0.211 bits per heavy atom. The highest BCUT2D eigenvalue weighted by atomic mass is 14.0. The van der Waals surface area contributed by atoms with Crippen LogP contribution in [0.5, 0.6) is 0 Å². The summed E-state index contributed by atoms with van der Waals surface area (Å²) in [6.07, 6.45) is 157. The second kappa shape index (κ2) is 86.2. The molecule has 0 saturated heterocycles. The fourth-order valence-corrected chi connectivity index (χ4v) is 12.5. The average Bonchev–Trinajstić information content (AvgIpc) is 3.60. The lowest BCUT2D eigenvalue weighted by atomic mass is 10.1. The quantitative estimate of drug-likeness (QED) is 0.212. The lowest BCUT2D eigenvalue weighted by Gasteiger charge is -2.00. The smallest absolute Gasteiger partial charge is 0.0169 e. The summed E-state index contributed by atoms with van der Waals surface area (Å²) in [5, 5.41) is 0. The molecule has 0 amide bonds. The first-order valence-electron chi connectivity index (χ1n) is 42.2. The van der Waals surface area contributed by atoms with E-state index in [4.69, 9.17) is 0 Å². The summed E-state index contributed by atoms with van der Waals surface area (Å²) in [6, 6.07) is 0. The standard InChI is InChI=1S/C55H90.C24H42.C16H28/c1-2-4-6-8-10-12-14-16-18-20-22-24-26-28-30-32-34-36-38-40-42-44-46-48-50-52-54-55-53-51-49-47-45-43-41-39-37-35-33-31-29-27-25-23-21-19-17-15-13-11-9-7-5-3-1;1-2-4-6-8-10-12-14-16-18-20-22-24-23-21-19-17-15-13-11-9-7-5-3-1;1-2-4-6-8-10-12-14-16-15-13-11-9-7-5-3-1/h1-2,5-8,11-14,27-30,33,35,44,46,49,51H,3-4,9-10,15-26,31-32,34,36-43,45,47-48,50,52-55H2;1-2,15-18H,3-14,19-24H2;1-2,15-16H,3-14H2/b;2-1+,17-15+,18-16?;2-1+,16-15?. The van der Waals surface area contributed by atoms with Crippen LogP contribution in [0.4, 0.5) is 0 Å². The molecule has 95 heavy (non-hydrogen) atoms. The molecule has 0 aliphatic heterocycles. The molecule has 0 heteroatoms. The van der Waals surface area contributed by atoms with Gasteiger partial charge in [0.1, 0.15) is 0 Å². The van der Waals surface area contributed by atoms with Gasteiger partial charge in [0.25, 0.3) is 0 Å². The lowest BCUT2D eigenvalue weighted by molar-refractivity contribution is 0.638. The van der Waals surface area contributed by atoms with E-state index >= 15 is 0 Å². The van der Waals surface area contributed by atoms with Gasteiger partial charge in [0.05, 0.1) is 0 Å². The van der Waals surface area contributed by atoms with Gasteiger partial charge in [-0.1, -0.05) is 311 Å². The fourth-order valence-electron chi connectivity index (χ4n) is 12.5. The molecule has 0 aromatic carbocycles. The van der Waals surface area contributed by atoms with Crippen molar-refractivity contribution >= 4 is 0 Å². The van der Waals surface area contributed by atoms with Crippen LogP contribution in [0.1, 0.15) is 417 Å². The number of hydrogen-bond donors (Lipinski definition) is 0. The van der Waals surface area contributed by atoms with E-state index in [1.165, 1.54) is 385 Å². The van der Waals surface area contributed by atoms with E-state index in [1.54, 1.807) is 0 Å². The van der Waals surface area contributed by atoms with Crippen molar-refractivity contribution in [3.05, 3.63) is 182 Å². The Morgan fingerprint density at radius 2 is 0.126 bits per heavy atom. The molecule has 0 heterocycles. The van der Waals surface area contributed by atoms with Crippen molar-refractivity contribution in [2.75, 3.05) is 0 Å². The summed E-state index contributed by atoms with van der Waals surface area (Å²) in [4.78, 5) is 0. The second-order valence-corrected chi connectivity index (χ2v) is 28.2. The summed E-state index contributed by atoms with van der Waals surface area (Å²) < 4.78 is 0. The van der Waals surface area contributed by atoms with Gasteiger partial charge in [-0.3, -0.25) is 0 Å². The van der Waals surface area contributed by atoms with Gasteiger partial charge in [-0.05, 0) is 289 Å². The zero-order valence-corrected chi connectivity index (χ0v) is 63.3. The highest BCUT2D eigenvalue weighted by molar-refractivity contribution is 5.01. The predicted octanol–water partition coefficient (Wildman–Crippen LogP) is 33.7. The summed E-state index contributed by atoms with van der Waals surface area (Å²) in [5.41, 5.74) is 0. The van der Waals surface area contributed by atoms with Crippen molar-refractivity contribution in [3.63, 3.8) is 0 Å². The molecular formula is C95H160. The first-order valence-corrected chi connectivity index (χ1v) is 42.2. The van der Waals surface area contributed by atoms with Gasteiger partial charge in [-0.2, -0.15) is 0 Å². The molecule has 0 nitrogen and oxygen atoms in total. The lowest BCUT2D eigenvalue weighted by Crippen LogP contribution is -1.80. The zero-order chi connectivity index (χ0) is 67.2. The first-order chi connectivity index (χ1) is 47.5. The number of rotatable bonds is 0. The SMILES string of the molecule is C1=CCC=CCC=CCCCCCCC=CCCCCCCC=CCCCCCCC=CCCCCCCC=CCC=CCCCCCCC=CCC=CC1.C1=CCCCCCC/C=C/CCCCCC/C=C/CCCCCC1.C1=CCCCCCC/C=C/CCCCCC1. The Bertz CT molecular complexity index is 1810. The van der Waals surface area contributed by atoms with Crippen molar-refractivity contribution < 1.29 is 0 Å². The molecular weight excluding hydrogens is 1140 g/mol. The van der Waals surface area contributed by atoms with Gasteiger partial charge >= 0.3 is 0 Å².